The number of phenolic OH excluding ortho intramolecular Hbond substituents is 6. The van der Waals surface area contributed by atoms with Crippen molar-refractivity contribution < 1.29 is 30.6 Å². The van der Waals surface area contributed by atoms with Crippen LogP contribution in [0, 0.1) is 6.92 Å². The molecule has 1 aliphatic carbocycles. The van der Waals surface area contributed by atoms with E-state index in [1.165, 1.54) is 12.1 Å². The molecule has 0 spiro atoms. The average molecular weight is 471 g/mol. The van der Waals surface area contributed by atoms with Crippen LogP contribution in [0.5, 0.6) is 34.5 Å². The molecule has 5 rings (SSSR count). The molecule has 0 aromatic heterocycles. The molecule has 0 fully saturated rings. The first-order chi connectivity index (χ1) is 16.7. The zero-order chi connectivity index (χ0) is 24.9. The topological polar surface area (TPSA) is 121 Å². The first-order valence-electron chi connectivity index (χ1n) is 11.4. The van der Waals surface area contributed by atoms with Gasteiger partial charge < -0.3 is 30.6 Å². The van der Waals surface area contributed by atoms with Gasteiger partial charge in [0.05, 0.1) is 0 Å². The minimum atomic E-state index is -0.457. The SMILES string of the molecule is Cc1cc(O)cc(O)c1C1c2cc(O)cc(O)c2[C@@H](c2ccc(O)cc2)CC1c1ccc(O)cc1. The van der Waals surface area contributed by atoms with Crippen LogP contribution in [-0.2, 0) is 0 Å². The lowest BCUT2D eigenvalue weighted by Gasteiger charge is -2.40. The van der Waals surface area contributed by atoms with Gasteiger partial charge in [0.2, 0.25) is 0 Å². The molecule has 0 heterocycles. The van der Waals surface area contributed by atoms with Gasteiger partial charge in [0.1, 0.15) is 34.5 Å². The van der Waals surface area contributed by atoms with Gasteiger partial charge in [-0.3, -0.25) is 0 Å². The van der Waals surface area contributed by atoms with Gasteiger partial charge in [-0.15, -0.1) is 0 Å². The standard InChI is InChI=1S/C29H26O6/c1-15-10-20(32)12-25(34)27(15)29-23(17-4-8-19(31)9-5-17)14-22(16-2-6-18(30)7-3-16)28-24(29)11-21(33)13-26(28)35/h2-13,22-23,29-35H,14H2,1H3/t22-,23?,29?/m1/s1. The molecule has 6 heteroatoms. The van der Waals surface area contributed by atoms with Gasteiger partial charge in [-0.05, 0) is 77.9 Å². The summed E-state index contributed by atoms with van der Waals surface area (Å²) in [6.45, 7) is 1.80. The van der Waals surface area contributed by atoms with E-state index in [2.05, 4.69) is 0 Å². The molecular formula is C29H26O6. The minimum Gasteiger partial charge on any atom is -0.508 e. The van der Waals surface area contributed by atoms with Crippen molar-refractivity contribution in [1.29, 1.82) is 0 Å². The maximum atomic E-state index is 11.0. The number of benzene rings is 4. The molecule has 0 bridgehead atoms. The summed E-state index contributed by atoms with van der Waals surface area (Å²) < 4.78 is 0. The van der Waals surface area contributed by atoms with E-state index in [1.54, 1.807) is 43.3 Å². The van der Waals surface area contributed by atoms with Gasteiger partial charge in [-0.25, -0.2) is 0 Å². The van der Waals surface area contributed by atoms with Gasteiger partial charge in [0.15, 0.2) is 0 Å². The van der Waals surface area contributed by atoms with E-state index in [1.807, 2.05) is 24.3 Å². The highest BCUT2D eigenvalue weighted by atomic mass is 16.3. The van der Waals surface area contributed by atoms with Crippen LogP contribution in [-0.4, -0.2) is 30.6 Å². The van der Waals surface area contributed by atoms with Crippen molar-refractivity contribution in [3.63, 3.8) is 0 Å². The lowest BCUT2D eigenvalue weighted by atomic mass is 9.63. The highest BCUT2D eigenvalue weighted by molar-refractivity contribution is 5.61. The van der Waals surface area contributed by atoms with E-state index < -0.39 is 5.92 Å². The fourth-order valence-electron chi connectivity index (χ4n) is 5.59. The Morgan fingerprint density at radius 3 is 1.66 bits per heavy atom. The maximum Gasteiger partial charge on any atom is 0.123 e. The van der Waals surface area contributed by atoms with Crippen LogP contribution in [0.25, 0.3) is 0 Å². The second-order valence-electron chi connectivity index (χ2n) is 9.22. The zero-order valence-corrected chi connectivity index (χ0v) is 19.1. The first kappa shape index (κ1) is 22.5. The van der Waals surface area contributed by atoms with Crippen molar-refractivity contribution in [2.24, 2.45) is 0 Å². The number of aryl methyl sites for hydroxylation is 1. The molecule has 4 aromatic rings. The molecule has 6 N–H and O–H groups in total. The van der Waals surface area contributed by atoms with E-state index in [0.717, 1.165) is 11.1 Å². The molecule has 0 radical (unpaired) electrons. The second kappa shape index (κ2) is 8.47. The van der Waals surface area contributed by atoms with Crippen LogP contribution >= 0.6 is 0 Å². The second-order valence-corrected chi connectivity index (χ2v) is 9.22. The van der Waals surface area contributed by atoms with Crippen molar-refractivity contribution in [3.05, 3.63) is 106 Å². The number of fused-ring (bicyclic) bond motifs is 1. The normalized spacial score (nSPS) is 19.3. The summed E-state index contributed by atoms with van der Waals surface area (Å²) in [6, 6.07) is 19.5. The highest BCUT2D eigenvalue weighted by Gasteiger charge is 2.41. The van der Waals surface area contributed by atoms with Crippen LogP contribution in [0.15, 0.2) is 72.8 Å². The molecule has 3 atom stereocenters. The summed E-state index contributed by atoms with van der Waals surface area (Å²) in [5.74, 6) is -0.941. The van der Waals surface area contributed by atoms with E-state index >= 15 is 0 Å². The Bertz CT molecular complexity index is 1370. The van der Waals surface area contributed by atoms with Gasteiger partial charge in [-0.2, -0.15) is 0 Å². The van der Waals surface area contributed by atoms with Crippen molar-refractivity contribution in [3.8, 4) is 34.5 Å². The Morgan fingerprint density at radius 1 is 0.571 bits per heavy atom. The molecule has 6 nitrogen and oxygen atoms in total. The predicted molar refractivity (Wildman–Crippen MR) is 132 cm³/mol. The predicted octanol–water partition coefficient (Wildman–Crippen LogP) is 5.68. The van der Waals surface area contributed by atoms with Crippen LogP contribution in [0.3, 0.4) is 0 Å². The summed E-state index contributed by atoms with van der Waals surface area (Å²) in [6.07, 6.45) is 0.547. The summed E-state index contributed by atoms with van der Waals surface area (Å²) in [5.41, 5.74) is 4.37. The lowest BCUT2D eigenvalue weighted by molar-refractivity contribution is 0.406. The summed E-state index contributed by atoms with van der Waals surface area (Å²) in [7, 11) is 0. The van der Waals surface area contributed by atoms with Gasteiger partial charge in [0.25, 0.3) is 0 Å². The number of hydrogen-bond donors (Lipinski definition) is 6. The summed E-state index contributed by atoms with van der Waals surface area (Å²) >= 11 is 0. The number of hydrogen-bond acceptors (Lipinski definition) is 6. The molecule has 4 aromatic carbocycles. The minimum absolute atomic E-state index is 0.0526. The first-order valence-corrected chi connectivity index (χ1v) is 11.4. The smallest absolute Gasteiger partial charge is 0.123 e. The third-order valence-corrected chi connectivity index (χ3v) is 7.03. The molecule has 0 aliphatic heterocycles. The monoisotopic (exact) mass is 470 g/mol. The van der Waals surface area contributed by atoms with Crippen molar-refractivity contribution in [2.75, 3.05) is 0 Å². The lowest BCUT2D eigenvalue weighted by Crippen LogP contribution is -2.25. The van der Waals surface area contributed by atoms with Crippen molar-refractivity contribution in [2.45, 2.75) is 31.1 Å². The van der Waals surface area contributed by atoms with Gasteiger partial charge in [0, 0.05) is 35.1 Å². The summed E-state index contributed by atoms with van der Waals surface area (Å²) in [4.78, 5) is 0. The van der Waals surface area contributed by atoms with Crippen LogP contribution < -0.4 is 0 Å². The fraction of sp³-hybridized carbons (Fsp3) is 0.172. The fourth-order valence-corrected chi connectivity index (χ4v) is 5.59. The summed E-state index contributed by atoms with van der Waals surface area (Å²) in [5, 5.41) is 62.2. The third kappa shape index (κ3) is 3.97. The molecule has 2 unspecified atom stereocenters. The quantitative estimate of drug-likeness (QED) is 0.229. The molecule has 1 aliphatic rings. The van der Waals surface area contributed by atoms with Crippen LogP contribution in [0.2, 0.25) is 0 Å². The zero-order valence-electron chi connectivity index (χ0n) is 19.1. The average Bonchev–Trinajstić information content (AvgIpc) is 2.79. The number of rotatable bonds is 3. The van der Waals surface area contributed by atoms with Crippen molar-refractivity contribution in [1.82, 2.24) is 0 Å². The Kier molecular flexibility index (Phi) is 5.44. The molecule has 0 saturated carbocycles. The van der Waals surface area contributed by atoms with Crippen LogP contribution in [0.1, 0.15) is 57.6 Å². The number of phenols is 6. The largest absolute Gasteiger partial charge is 0.508 e. The van der Waals surface area contributed by atoms with Gasteiger partial charge in [-0.1, -0.05) is 24.3 Å². The highest BCUT2D eigenvalue weighted by Crippen LogP contribution is 2.57. The van der Waals surface area contributed by atoms with E-state index in [0.29, 0.717) is 28.7 Å². The number of aromatic hydroxyl groups is 6. The maximum absolute atomic E-state index is 11.0. The Balaban J connectivity index is 1.81. The Morgan fingerprint density at radius 2 is 1.09 bits per heavy atom. The van der Waals surface area contributed by atoms with E-state index in [4.69, 9.17) is 0 Å². The third-order valence-electron chi connectivity index (χ3n) is 7.03. The van der Waals surface area contributed by atoms with Crippen molar-refractivity contribution >= 4 is 0 Å². The molecule has 178 valence electrons. The van der Waals surface area contributed by atoms with E-state index in [-0.39, 0.29) is 46.3 Å². The molecule has 0 amide bonds. The molecule has 0 saturated heterocycles. The van der Waals surface area contributed by atoms with E-state index in [9.17, 15) is 30.6 Å². The Labute approximate surface area is 202 Å². The van der Waals surface area contributed by atoms with Crippen LogP contribution in [0.4, 0.5) is 0 Å². The Hall–Kier alpha value is -4.32. The molecular weight excluding hydrogens is 444 g/mol. The van der Waals surface area contributed by atoms with Gasteiger partial charge >= 0.3 is 0 Å². The molecule has 35 heavy (non-hydrogen) atoms.